The summed E-state index contributed by atoms with van der Waals surface area (Å²) >= 11 is 0. The number of fused-ring (bicyclic) bond motifs is 1. The molecule has 0 radical (unpaired) electrons. The third kappa shape index (κ3) is 6.27. The number of benzene rings is 1. The van der Waals surface area contributed by atoms with E-state index in [1.54, 1.807) is 32.9 Å². The molecular formula is C24H27F5N4O2. The van der Waals surface area contributed by atoms with Crippen LogP contribution in [0.3, 0.4) is 0 Å². The molecule has 3 aromatic rings. The Labute approximate surface area is 199 Å². The van der Waals surface area contributed by atoms with Crippen molar-refractivity contribution in [1.82, 2.24) is 20.2 Å². The molecule has 1 amide bonds. The van der Waals surface area contributed by atoms with Crippen molar-refractivity contribution in [2.45, 2.75) is 51.9 Å². The van der Waals surface area contributed by atoms with Gasteiger partial charge in [0.25, 0.3) is 5.91 Å². The van der Waals surface area contributed by atoms with Crippen LogP contribution < -0.4 is 15.4 Å². The van der Waals surface area contributed by atoms with Crippen LogP contribution in [0.15, 0.2) is 30.3 Å². The average Bonchev–Trinajstić information content (AvgIpc) is 3.11. The number of nitrogens with one attached hydrogen (secondary N) is 2. The highest BCUT2D eigenvalue weighted by molar-refractivity contribution is 6.02. The summed E-state index contributed by atoms with van der Waals surface area (Å²) in [6.45, 7) is 4.53. The number of aryl methyl sites for hydroxylation is 2. The van der Waals surface area contributed by atoms with E-state index in [2.05, 4.69) is 15.7 Å². The molecule has 0 aliphatic carbocycles. The molecule has 6 nitrogen and oxygen atoms in total. The van der Waals surface area contributed by atoms with Crippen molar-refractivity contribution >= 4 is 11.4 Å². The molecule has 11 heteroatoms. The molecule has 0 aliphatic rings. The van der Waals surface area contributed by atoms with Crippen molar-refractivity contribution < 1.29 is 31.5 Å². The molecule has 3 rings (SSSR count). The van der Waals surface area contributed by atoms with Crippen LogP contribution in [0.25, 0.3) is 5.52 Å². The summed E-state index contributed by atoms with van der Waals surface area (Å²) in [4.78, 5) is 13.0. The molecule has 0 spiro atoms. The first-order valence-corrected chi connectivity index (χ1v) is 10.9. The maximum absolute atomic E-state index is 14.0. The molecule has 2 aromatic heterocycles. The summed E-state index contributed by atoms with van der Waals surface area (Å²) in [7, 11) is 1.54. The molecule has 2 heterocycles. The number of carbonyl (C=O) groups is 1. The molecule has 1 unspecified atom stereocenters. The fourth-order valence-electron chi connectivity index (χ4n) is 3.64. The Balaban J connectivity index is 1.84. The largest absolute Gasteiger partial charge is 0.473 e. The van der Waals surface area contributed by atoms with Crippen molar-refractivity contribution in [1.29, 1.82) is 0 Å². The number of aromatic nitrogens is 2. The van der Waals surface area contributed by atoms with Crippen molar-refractivity contribution in [3.63, 3.8) is 0 Å². The second-order valence-electron chi connectivity index (χ2n) is 8.73. The molecule has 0 fully saturated rings. The molecule has 1 atom stereocenters. The van der Waals surface area contributed by atoms with E-state index < -0.39 is 42.3 Å². The number of ether oxygens (including phenoxy) is 1. The number of carbonyl (C=O) groups excluding carboxylic acids is 1. The second-order valence-corrected chi connectivity index (χ2v) is 8.73. The van der Waals surface area contributed by atoms with Crippen molar-refractivity contribution in [2.75, 3.05) is 13.6 Å². The highest BCUT2D eigenvalue weighted by atomic mass is 19.4. The van der Waals surface area contributed by atoms with Gasteiger partial charge in [0.15, 0.2) is 0 Å². The Kier molecular flexibility index (Phi) is 7.68. The lowest BCUT2D eigenvalue weighted by atomic mass is 9.95. The smallest absolute Gasteiger partial charge is 0.389 e. The molecule has 35 heavy (non-hydrogen) atoms. The van der Waals surface area contributed by atoms with Crippen molar-refractivity contribution in [3.8, 4) is 5.88 Å². The van der Waals surface area contributed by atoms with Gasteiger partial charge in [0.2, 0.25) is 5.88 Å². The zero-order valence-electron chi connectivity index (χ0n) is 19.8. The Morgan fingerprint density at radius 3 is 2.37 bits per heavy atom. The maximum Gasteiger partial charge on any atom is 0.389 e. The number of hydrogen-bond donors (Lipinski definition) is 2. The second kappa shape index (κ2) is 10.2. The number of amides is 1. The molecule has 0 saturated heterocycles. The van der Waals surface area contributed by atoms with E-state index >= 15 is 0 Å². The van der Waals surface area contributed by atoms with Gasteiger partial charge < -0.3 is 15.4 Å². The van der Waals surface area contributed by atoms with E-state index in [1.165, 1.54) is 17.6 Å². The lowest BCUT2D eigenvalue weighted by molar-refractivity contribution is -0.138. The number of halogens is 5. The highest BCUT2D eigenvalue weighted by Crippen LogP contribution is 2.27. The van der Waals surface area contributed by atoms with E-state index in [1.807, 2.05) is 0 Å². The first-order chi connectivity index (χ1) is 16.3. The van der Waals surface area contributed by atoms with Crippen LogP contribution in [-0.2, 0) is 6.61 Å². The Morgan fingerprint density at radius 2 is 1.77 bits per heavy atom. The quantitative estimate of drug-likeness (QED) is 0.414. The zero-order valence-corrected chi connectivity index (χ0v) is 19.8. The summed E-state index contributed by atoms with van der Waals surface area (Å²) in [5, 5.41) is 9.89. The Bertz CT molecular complexity index is 1200. The van der Waals surface area contributed by atoms with Crippen LogP contribution in [0, 0.1) is 25.5 Å². The van der Waals surface area contributed by atoms with Gasteiger partial charge >= 0.3 is 6.18 Å². The number of hydrogen-bond acceptors (Lipinski definition) is 4. The summed E-state index contributed by atoms with van der Waals surface area (Å²) in [5.74, 6) is -1.83. The van der Waals surface area contributed by atoms with Crippen LogP contribution in [0.2, 0.25) is 0 Å². The summed E-state index contributed by atoms with van der Waals surface area (Å²) in [6.07, 6.45) is -5.51. The number of pyridine rings is 1. The maximum atomic E-state index is 14.0. The first-order valence-electron chi connectivity index (χ1n) is 10.9. The SMILES string of the molecule is CNC(C)(CCC(F)(F)F)CNC(=O)c1c(C)nn2c(OCc3c(F)cccc3F)cc(C)cc12. The van der Waals surface area contributed by atoms with E-state index in [0.29, 0.717) is 16.8 Å². The number of alkyl halides is 3. The van der Waals surface area contributed by atoms with E-state index in [0.717, 1.165) is 12.1 Å². The van der Waals surface area contributed by atoms with Gasteiger partial charge in [-0.05, 0) is 58.0 Å². The van der Waals surface area contributed by atoms with Gasteiger partial charge in [-0.1, -0.05) is 6.07 Å². The van der Waals surface area contributed by atoms with Gasteiger partial charge in [0.05, 0.1) is 22.3 Å². The predicted molar refractivity (Wildman–Crippen MR) is 120 cm³/mol. The van der Waals surface area contributed by atoms with Gasteiger partial charge in [0.1, 0.15) is 18.2 Å². The lowest BCUT2D eigenvalue weighted by Crippen LogP contribution is -2.50. The van der Waals surface area contributed by atoms with Crippen LogP contribution in [-0.4, -0.2) is 40.8 Å². The number of likely N-dealkylation sites (N-methyl/N-ethyl adjacent to an activating group) is 1. The van der Waals surface area contributed by atoms with E-state index in [-0.39, 0.29) is 30.0 Å². The standard InChI is InChI=1S/C24H27F5N4O2/c1-14-10-19-21(22(34)31-13-23(3,30-4)8-9-24(27,28)29)15(2)32-33(19)20(11-14)35-12-16-17(25)6-5-7-18(16)26/h5-7,10-11,30H,8-9,12-13H2,1-4H3,(H,31,34). The minimum absolute atomic E-state index is 0.0447. The first kappa shape index (κ1) is 26.4. The fraction of sp³-hybridized carbons (Fsp3) is 0.417. The zero-order chi connectivity index (χ0) is 26.0. The van der Waals surface area contributed by atoms with Crippen molar-refractivity contribution in [3.05, 3.63) is 64.4 Å². The predicted octanol–water partition coefficient (Wildman–Crippen LogP) is 4.86. The van der Waals surface area contributed by atoms with Crippen molar-refractivity contribution in [2.24, 2.45) is 0 Å². The highest BCUT2D eigenvalue weighted by Gasteiger charge is 2.33. The van der Waals surface area contributed by atoms with Crippen LogP contribution in [0.4, 0.5) is 22.0 Å². The molecular weight excluding hydrogens is 471 g/mol. The lowest BCUT2D eigenvalue weighted by Gasteiger charge is -2.30. The third-order valence-corrected chi connectivity index (χ3v) is 5.88. The third-order valence-electron chi connectivity index (χ3n) is 5.88. The average molecular weight is 498 g/mol. The Hall–Kier alpha value is -3.21. The van der Waals surface area contributed by atoms with Gasteiger partial charge in [-0.2, -0.15) is 22.8 Å². The molecule has 0 bridgehead atoms. The molecule has 2 N–H and O–H groups in total. The van der Waals surface area contributed by atoms with Gasteiger partial charge in [0, 0.05) is 24.6 Å². The monoisotopic (exact) mass is 498 g/mol. The normalized spacial score (nSPS) is 13.6. The van der Waals surface area contributed by atoms with Crippen LogP contribution in [0.5, 0.6) is 5.88 Å². The Morgan fingerprint density at radius 1 is 1.11 bits per heavy atom. The minimum Gasteiger partial charge on any atom is -0.473 e. The fourth-order valence-corrected chi connectivity index (χ4v) is 3.64. The topological polar surface area (TPSA) is 67.7 Å². The molecule has 1 aromatic carbocycles. The van der Waals surface area contributed by atoms with Gasteiger partial charge in [-0.25, -0.2) is 8.78 Å². The molecule has 190 valence electrons. The van der Waals surface area contributed by atoms with Gasteiger partial charge in [-0.3, -0.25) is 4.79 Å². The van der Waals surface area contributed by atoms with E-state index in [4.69, 9.17) is 4.74 Å². The van der Waals surface area contributed by atoms with Crippen LogP contribution >= 0.6 is 0 Å². The van der Waals surface area contributed by atoms with Gasteiger partial charge in [-0.15, -0.1) is 0 Å². The molecule has 0 saturated carbocycles. The number of rotatable bonds is 9. The molecule has 0 aliphatic heterocycles. The number of nitrogens with zero attached hydrogens (tertiary/aromatic N) is 2. The van der Waals surface area contributed by atoms with Crippen LogP contribution in [0.1, 0.15) is 46.9 Å². The summed E-state index contributed by atoms with van der Waals surface area (Å²) in [6, 6.07) is 6.83. The van der Waals surface area contributed by atoms with E-state index in [9.17, 15) is 26.7 Å². The minimum atomic E-state index is -4.30. The summed E-state index contributed by atoms with van der Waals surface area (Å²) in [5.41, 5.74) is 0.470. The summed E-state index contributed by atoms with van der Waals surface area (Å²) < 4.78 is 73.0.